The molecule has 18 heavy (non-hydrogen) atoms. The number of carbonyl (C=O) groups is 1. The van der Waals surface area contributed by atoms with E-state index in [1.165, 1.54) is 12.4 Å². The molecule has 0 radical (unpaired) electrons. The van der Waals surface area contributed by atoms with E-state index in [-0.39, 0.29) is 24.7 Å². The van der Waals surface area contributed by atoms with E-state index < -0.39 is 0 Å². The lowest BCUT2D eigenvalue weighted by Crippen LogP contribution is -2.38. The first kappa shape index (κ1) is 13.3. The SMILES string of the molecule is CO[C@H]1C[C@@H](CO)N(C(=O)c2ccncc2Cl)C1. The van der Waals surface area contributed by atoms with Gasteiger partial charge in [-0.3, -0.25) is 9.78 Å². The largest absolute Gasteiger partial charge is 0.394 e. The zero-order chi connectivity index (χ0) is 13.1. The minimum atomic E-state index is -0.216. The van der Waals surface area contributed by atoms with Crippen molar-refractivity contribution in [3.05, 3.63) is 29.0 Å². The van der Waals surface area contributed by atoms with Crippen LogP contribution in [0.2, 0.25) is 5.02 Å². The third kappa shape index (κ3) is 2.48. The van der Waals surface area contributed by atoms with Crippen molar-refractivity contribution in [2.75, 3.05) is 20.3 Å². The lowest BCUT2D eigenvalue weighted by atomic mass is 10.2. The van der Waals surface area contributed by atoms with Crippen molar-refractivity contribution in [2.24, 2.45) is 0 Å². The van der Waals surface area contributed by atoms with Crippen molar-refractivity contribution in [3.8, 4) is 0 Å². The van der Waals surface area contributed by atoms with Gasteiger partial charge in [0.25, 0.3) is 5.91 Å². The van der Waals surface area contributed by atoms with E-state index >= 15 is 0 Å². The van der Waals surface area contributed by atoms with Crippen LogP contribution in [0.5, 0.6) is 0 Å². The summed E-state index contributed by atoms with van der Waals surface area (Å²) in [7, 11) is 1.60. The summed E-state index contributed by atoms with van der Waals surface area (Å²) in [6.45, 7) is 0.396. The average Bonchev–Trinajstić information content (AvgIpc) is 2.82. The standard InChI is InChI=1S/C12H15ClN2O3/c1-18-9-4-8(7-16)15(6-9)12(17)10-2-3-14-5-11(10)13/h2-3,5,8-9,16H,4,6-7H2,1H3/t8-,9-/m0/s1. The maximum atomic E-state index is 12.3. The molecule has 0 aromatic carbocycles. The number of amides is 1. The molecule has 0 spiro atoms. The van der Waals surface area contributed by atoms with Crippen LogP contribution in [0, 0.1) is 0 Å². The molecule has 1 aromatic heterocycles. The molecule has 2 heterocycles. The van der Waals surface area contributed by atoms with Crippen LogP contribution in [0.15, 0.2) is 18.5 Å². The van der Waals surface area contributed by atoms with Gasteiger partial charge in [-0.2, -0.15) is 0 Å². The van der Waals surface area contributed by atoms with Crippen LogP contribution >= 0.6 is 11.6 Å². The molecule has 98 valence electrons. The number of likely N-dealkylation sites (tertiary alicyclic amines) is 1. The van der Waals surface area contributed by atoms with Crippen molar-refractivity contribution >= 4 is 17.5 Å². The molecule has 5 nitrogen and oxygen atoms in total. The van der Waals surface area contributed by atoms with Crippen molar-refractivity contribution in [1.82, 2.24) is 9.88 Å². The van der Waals surface area contributed by atoms with Crippen LogP contribution in [0.4, 0.5) is 0 Å². The fourth-order valence-corrected chi connectivity index (χ4v) is 2.37. The molecule has 1 fully saturated rings. The van der Waals surface area contributed by atoms with Crippen LogP contribution in [-0.2, 0) is 4.74 Å². The third-order valence-electron chi connectivity index (χ3n) is 3.18. The zero-order valence-electron chi connectivity index (χ0n) is 10.0. The monoisotopic (exact) mass is 270 g/mol. The number of carbonyl (C=O) groups excluding carboxylic acids is 1. The Balaban J connectivity index is 2.21. The Labute approximate surface area is 110 Å². The highest BCUT2D eigenvalue weighted by Gasteiger charge is 2.35. The molecule has 1 aliphatic heterocycles. The molecule has 0 aliphatic carbocycles. The Bertz CT molecular complexity index is 441. The Hall–Kier alpha value is -1.17. The number of aromatic nitrogens is 1. The van der Waals surface area contributed by atoms with Crippen molar-refractivity contribution in [3.63, 3.8) is 0 Å². The maximum absolute atomic E-state index is 12.3. The fraction of sp³-hybridized carbons (Fsp3) is 0.500. The molecule has 0 bridgehead atoms. The summed E-state index contributed by atoms with van der Waals surface area (Å²) in [5, 5.41) is 9.64. The van der Waals surface area contributed by atoms with Gasteiger partial charge >= 0.3 is 0 Å². The van der Waals surface area contributed by atoms with Gasteiger partial charge in [-0.05, 0) is 12.5 Å². The molecule has 0 saturated carbocycles. The Kier molecular flexibility index (Phi) is 4.16. The van der Waals surface area contributed by atoms with E-state index in [0.29, 0.717) is 23.6 Å². The summed E-state index contributed by atoms with van der Waals surface area (Å²) in [4.78, 5) is 17.8. The summed E-state index contributed by atoms with van der Waals surface area (Å²) in [5.41, 5.74) is 0.405. The second-order valence-corrected chi connectivity index (χ2v) is 4.65. The summed E-state index contributed by atoms with van der Waals surface area (Å²) < 4.78 is 5.24. The number of ether oxygens (including phenoxy) is 1. The Morgan fingerprint density at radius 1 is 1.72 bits per heavy atom. The predicted molar refractivity (Wildman–Crippen MR) is 66.6 cm³/mol. The summed E-state index contributed by atoms with van der Waals surface area (Å²) in [5.74, 6) is -0.194. The molecule has 1 aliphatic rings. The molecule has 1 amide bonds. The van der Waals surface area contributed by atoms with E-state index in [1.807, 2.05) is 0 Å². The van der Waals surface area contributed by atoms with Gasteiger partial charge in [0.05, 0.1) is 29.3 Å². The van der Waals surface area contributed by atoms with E-state index in [2.05, 4.69) is 4.98 Å². The number of methoxy groups -OCH3 is 1. The molecule has 1 saturated heterocycles. The van der Waals surface area contributed by atoms with E-state index in [0.717, 1.165) is 0 Å². The van der Waals surface area contributed by atoms with Crippen molar-refractivity contribution < 1.29 is 14.6 Å². The van der Waals surface area contributed by atoms with Crippen LogP contribution in [0.1, 0.15) is 16.8 Å². The first-order chi connectivity index (χ1) is 8.67. The fourth-order valence-electron chi connectivity index (χ4n) is 2.17. The average molecular weight is 271 g/mol. The highest BCUT2D eigenvalue weighted by atomic mass is 35.5. The smallest absolute Gasteiger partial charge is 0.255 e. The van der Waals surface area contributed by atoms with E-state index in [4.69, 9.17) is 16.3 Å². The highest BCUT2D eigenvalue weighted by Crippen LogP contribution is 2.24. The molecule has 0 unspecified atom stereocenters. The summed E-state index contributed by atoms with van der Waals surface area (Å²) in [6.07, 6.45) is 3.57. The van der Waals surface area contributed by atoms with Crippen molar-refractivity contribution in [2.45, 2.75) is 18.6 Å². The third-order valence-corrected chi connectivity index (χ3v) is 3.49. The maximum Gasteiger partial charge on any atom is 0.255 e. The zero-order valence-corrected chi connectivity index (χ0v) is 10.8. The lowest BCUT2D eigenvalue weighted by Gasteiger charge is -2.23. The molecular weight excluding hydrogens is 256 g/mol. The number of aliphatic hydroxyl groups excluding tert-OH is 1. The second-order valence-electron chi connectivity index (χ2n) is 4.24. The molecule has 2 rings (SSSR count). The van der Waals surface area contributed by atoms with Gasteiger partial charge in [0.15, 0.2) is 0 Å². The quantitative estimate of drug-likeness (QED) is 0.889. The van der Waals surface area contributed by atoms with Crippen LogP contribution in [0.3, 0.4) is 0 Å². The van der Waals surface area contributed by atoms with Gasteiger partial charge in [0.2, 0.25) is 0 Å². The molecule has 6 heteroatoms. The Morgan fingerprint density at radius 2 is 2.50 bits per heavy atom. The van der Waals surface area contributed by atoms with Crippen LogP contribution in [0.25, 0.3) is 0 Å². The first-order valence-corrected chi connectivity index (χ1v) is 6.09. The number of hydrogen-bond acceptors (Lipinski definition) is 4. The summed E-state index contributed by atoms with van der Waals surface area (Å²) in [6, 6.07) is 1.37. The lowest BCUT2D eigenvalue weighted by molar-refractivity contribution is 0.0648. The normalized spacial score (nSPS) is 23.4. The molecule has 2 atom stereocenters. The van der Waals surface area contributed by atoms with Crippen LogP contribution < -0.4 is 0 Å². The van der Waals surface area contributed by atoms with Gasteiger partial charge in [0, 0.05) is 26.0 Å². The second kappa shape index (κ2) is 5.65. The number of hydrogen-bond donors (Lipinski definition) is 1. The van der Waals surface area contributed by atoms with E-state index in [9.17, 15) is 9.90 Å². The van der Waals surface area contributed by atoms with Gasteiger partial charge in [-0.25, -0.2) is 0 Å². The first-order valence-electron chi connectivity index (χ1n) is 5.71. The number of rotatable bonds is 3. The number of aliphatic hydroxyl groups is 1. The van der Waals surface area contributed by atoms with Gasteiger partial charge < -0.3 is 14.7 Å². The van der Waals surface area contributed by atoms with Crippen molar-refractivity contribution in [1.29, 1.82) is 0 Å². The minimum absolute atomic E-state index is 0.0355. The molecule has 1 aromatic rings. The Morgan fingerprint density at radius 3 is 3.11 bits per heavy atom. The number of pyridine rings is 1. The van der Waals surface area contributed by atoms with Gasteiger partial charge in [-0.1, -0.05) is 11.6 Å². The predicted octanol–water partition coefficient (Wildman–Crippen LogP) is 0.957. The number of halogens is 1. The van der Waals surface area contributed by atoms with E-state index in [1.54, 1.807) is 18.1 Å². The van der Waals surface area contributed by atoms with Gasteiger partial charge in [0.1, 0.15) is 0 Å². The highest BCUT2D eigenvalue weighted by molar-refractivity contribution is 6.33. The molecule has 1 N–H and O–H groups in total. The topological polar surface area (TPSA) is 62.7 Å². The summed E-state index contributed by atoms with van der Waals surface area (Å²) >= 11 is 5.95. The minimum Gasteiger partial charge on any atom is -0.394 e. The van der Waals surface area contributed by atoms with Gasteiger partial charge in [-0.15, -0.1) is 0 Å². The molecular formula is C12H15ClN2O3. The van der Waals surface area contributed by atoms with Crippen LogP contribution in [-0.4, -0.2) is 53.3 Å². The number of nitrogens with zero attached hydrogens (tertiary/aromatic N) is 2.